The quantitative estimate of drug-likeness (QED) is 0.343. The molecule has 0 saturated carbocycles. The van der Waals surface area contributed by atoms with E-state index in [9.17, 15) is 14.4 Å². The third-order valence-electron chi connectivity index (χ3n) is 5.13. The van der Waals surface area contributed by atoms with Crippen LogP contribution in [0.1, 0.15) is 52.0 Å². The van der Waals surface area contributed by atoms with Gasteiger partial charge in [0.1, 0.15) is 23.5 Å². The van der Waals surface area contributed by atoms with Crippen molar-refractivity contribution in [3.63, 3.8) is 0 Å². The first-order valence-corrected chi connectivity index (χ1v) is 11.5. The molecular formula is C26H34N2O8. The summed E-state index contributed by atoms with van der Waals surface area (Å²) in [4.78, 5) is 41.0. The minimum absolute atomic E-state index is 0.0239. The lowest BCUT2D eigenvalue weighted by atomic mass is 9.91. The van der Waals surface area contributed by atoms with Crippen LogP contribution in [0.5, 0.6) is 17.2 Å². The fourth-order valence-electron chi connectivity index (χ4n) is 3.52. The van der Waals surface area contributed by atoms with Crippen LogP contribution >= 0.6 is 0 Å². The van der Waals surface area contributed by atoms with Crippen molar-refractivity contribution in [2.24, 2.45) is 5.92 Å². The Morgan fingerprint density at radius 2 is 1.72 bits per heavy atom. The Balaban J connectivity index is 2.12. The van der Waals surface area contributed by atoms with Crippen LogP contribution in [-0.2, 0) is 19.1 Å². The lowest BCUT2D eigenvalue weighted by molar-refractivity contribution is -0.170. The average Bonchev–Trinajstić information content (AvgIpc) is 2.82. The maximum atomic E-state index is 12.9. The van der Waals surface area contributed by atoms with Gasteiger partial charge in [0.25, 0.3) is 5.91 Å². The van der Waals surface area contributed by atoms with Gasteiger partial charge in [-0.15, -0.1) is 0 Å². The summed E-state index contributed by atoms with van der Waals surface area (Å²) in [7, 11) is 1.39. The number of hydrogen-bond donors (Lipinski definition) is 1. The summed E-state index contributed by atoms with van der Waals surface area (Å²) < 4.78 is 27.3. The lowest BCUT2D eigenvalue weighted by Gasteiger charge is -2.37. The monoisotopic (exact) mass is 502 g/mol. The third-order valence-corrected chi connectivity index (χ3v) is 5.13. The van der Waals surface area contributed by atoms with Gasteiger partial charge in [0.2, 0.25) is 6.79 Å². The molecule has 0 fully saturated rings. The smallest absolute Gasteiger partial charge is 0.329 e. The Morgan fingerprint density at radius 1 is 1.06 bits per heavy atom. The second-order valence-corrected chi connectivity index (χ2v) is 8.90. The van der Waals surface area contributed by atoms with Gasteiger partial charge in [-0.25, -0.2) is 9.78 Å². The molecule has 1 aromatic carbocycles. The first-order chi connectivity index (χ1) is 17.0. The summed E-state index contributed by atoms with van der Waals surface area (Å²) in [5, 5.41) is 2.57. The van der Waals surface area contributed by atoms with Crippen LogP contribution < -0.4 is 19.5 Å². The largest absolute Gasteiger partial charge is 0.493 e. The van der Waals surface area contributed by atoms with Crippen molar-refractivity contribution in [2.45, 2.75) is 59.3 Å². The molecule has 1 amide bonds. The van der Waals surface area contributed by atoms with Gasteiger partial charge in [-0.1, -0.05) is 32.0 Å². The molecule has 0 bridgehead atoms. The summed E-state index contributed by atoms with van der Waals surface area (Å²) in [6.07, 6.45) is 0.903. The standard InChI is InChI=1S/C26H34N2O8/c1-16(2)23(35-19-11-9-8-10-12-19)26(5,6)36-25(31)17(3)28-24(30)21-22(34-15-33-18(4)29)20(32-7)13-14-27-21/h8-14,16-17,23H,15H2,1-7H3,(H,28,30)/t17-,23+/m0/s1. The number of ether oxygens (including phenoxy) is 5. The molecule has 2 rings (SSSR count). The Labute approximate surface area is 211 Å². The highest BCUT2D eigenvalue weighted by Gasteiger charge is 2.39. The second-order valence-electron chi connectivity index (χ2n) is 8.90. The molecule has 2 atom stereocenters. The van der Waals surface area contributed by atoms with E-state index in [1.165, 1.54) is 33.2 Å². The van der Waals surface area contributed by atoms with Crippen LogP contribution in [0.2, 0.25) is 0 Å². The molecule has 0 aliphatic carbocycles. The van der Waals surface area contributed by atoms with Crippen molar-refractivity contribution in [1.29, 1.82) is 0 Å². The van der Waals surface area contributed by atoms with Crippen LogP contribution in [0.4, 0.5) is 0 Å². The average molecular weight is 503 g/mol. The number of carbonyl (C=O) groups excluding carboxylic acids is 3. The number of nitrogens with zero attached hydrogens (tertiary/aromatic N) is 1. The predicted octanol–water partition coefficient (Wildman–Crippen LogP) is 3.53. The van der Waals surface area contributed by atoms with Gasteiger partial charge in [-0.2, -0.15) is 0 Å². The Morgan fingerprint density at radius 3 is 2.31 bits per heavy atom. The normalized spacial score (nSPS) is 12.8. The van der Waals surface area contributed by atoms with Crippen LogP contribution in [0.3, 0.4) is 0 Å². The summed E-state index contributed by atoms with van der Waals surface area (Å²) in [6.45, 7) is 9.75. The molecule has 196 valence electrons. The van der Waals surface area contributed by atoms with Crippen molar-refractivity contribution in [3.8, 4) is 17.2 Å². The number of rotatable bonds is 12. The second kappa shape index (κ2) is 12.8. The van der Waals surface area contributed by atoms with Crippen LogP contribution in [-0.4, -0.2) is 54.5 Å². The number of hydrogen-bond acceptors (Lipinski definition) is 9. The van der Waals surface area contributed by atoms with Gasteiger partial charge in [0.15, 0.2) is 17.2 Å². The Bertz CT molecular complexity index is 1040. The molecule has 0 spiro atoms. The number of amides is 1. The number of para-hydroxylation sites is 1. The van der Waals surface area contributed by atoms with E-state index in [0.29, 0.717) is 5.75 Å². The molecule has 0 radical (unpaired) electrons. The van der Waals surface area contributed by atoms with Crippen LogP contribution in [0.15, 0.2) is 42.6 Å². The highest BCUT2D eigenvalue weighted by molar-refractivity contribution is 5.98. The van der Waals surface area contributed by atoms with E-state index in [2.05, 4.69) is 10.3 Å². The molecule has 36 heavy (non-hydrogen) atoms. The molecule has 0 unspecified atom stereocenters. The zero-order chi connectivity index (χ0) is 26.9. The van der Waals surface area contributed by atoms with Crippen LogP contribution in [0.25, 0.3) is 0 Å². The van der Waals surface area contributed by atoms with Crippen molar-refractivity contribution >= 4 is 17.8 Å². The van der Waals surface area contributed by atoms with Gasteiger partial charge in [-0.05, 0) is 38.8 Å². The first kappa shape index (κ1) is 28.4. The Kier molecular flexibility index (Phi) is 10.1. The zero-order valence-electron chi connectivity index (χ0n) is 21.7. The minimum atomic E-state index is -1.02. The molecule has 0 aliphatic rings. The van der Waals surface area contributed by atoms with Crippen molar-refractivity contribution in [3.05, 3.63) is 48.3 Å². The van der Waals surface area contributed by atoms with Gasteiger partial charge in [0.05, 0.1) is 7.11 Å². The zero-order valence-corrected chi connectivity index (χ0v) is 21.7. The van der Waals surface area contributed by atoms with Gasteiger partial charge in [-0.3, -0.25) is 9.59 Å². The molecule has 0 aliphatic heterocycles. The summed E-state index contributed by atoms with van der Waals surface area (Å²) in [6, 6.07) is 9.74. The van der Waals surface area contributed by atoms with Gasteiger partial charge < -0.3 is 29.0 Å². The highest BCUT2D eigenvalue weighted by Crippen LogP contribution is 2.30. The fraction of sp³-hybridized carbons (Fsp3) is 0.462. The van der Waals surface area contributed by atoms with E-state index < -0.39 is 42.4 Å². The molecule has 10 heteroatoms. The number of nitrogens with one attached hydrogen (secondary N) is 1. The number of methoxy groups -OCH3 is 1. The first-order valence-electron chi connectivity index (χ1n) is 11.5. The molecule has 1 aromatic heterocycles. The summed E-state index contributed by atoms with van der Waals surface area (Å²) in [5.74, 6) is -1.05. The number of carbonyl (C=O) groups is 3. The number of esters is 2. The summed E-state index contributed by atoms with van der Waals surface area (Å²) >= 11 is 0. The van der Waals surface area contributed by atoms with E-state index in [0.717, 1.165) is 0 Å². The van der Waals surface area contributed by atoms with E-state index in [-0.39, 0.29) is 23.1 Å². The predicted molar refractivity (Wildman–Crippen MR) is 131 cm³/mol. The fourth-order valence-corrected chi connectivity index (χ4v) is 3.52. The van der Waals surface area contributed by atoms with E-state index >= 15 is 0 Å². The maximum absolute atomic E-state index is 12.9. The number of pyridine rings is 1. The maximum Gasteiger partial charge on any atom is 0.329 e. The highest BCUT2D eigenvalue weighted by atomic mass is 16.7. The minimum Gasteiger partial charge on any atom is -0.493 e. The van der Waals surface area contributed by atoms with Gasteiger partial charge >= 0.3 is 11.9 Å². The molecule has 1 heterocycles. The van der Waals surface area contributed by atoms with E-state index in [1.54, 1.807) is 13.8 Å². The number of aromatic nitrogens is 1. The molecule has 0 saturated heterocycles. The Hall–Kier alpha value is -3.82. The van der Waals surface area contributed by atoms with Crippen LogP contribution in [0, 0.1) is 5.92 Å². The lowest BCUT2D eigenvalue weighted by Crippen LogP contribution is -2.51. The molecular weight excluding hydrogens is 468 g/mol. The summed E-state index contributed by atoms with van der Waals surface area (Å²) in [5.41, 5.74) is -1.15. The molecule has 10 nitrogen and oxygen atoms in total. The SMILES string of the molecule is COc1ccnc(C(=O)N[C@@H](C)C(=O)OC(C)(C)[C@H](Oc2ccccc2)C(C)C)c1OCOC(C)=O. The molecule has 1 N–H and O–H groups in total. The topological polar surface area (TPSA) is 122 Å². The van der Waals surface area contributed by atoms with Crippen molar-refractivity contribution in [2.75, 3.05) is 13.9 Å². The third kappa shape index (κ3) is 7.86. The van der Waals surface area contributed by atoms with Gasteiger partial charge in [0, 0.05) is 19.2 Å². The van der Waals surface area contributed by atoms with Crippen molar-refractivity contribution in [1.82, 2.24) is 10.3 Å². The van der Waals surface area contributed by atoms with E-state index in [1.807, 2.05) is 44.2 Å². The molecule has 2 aromatic rings. The van der Waals surface area contributed by atoms with Crippen molar-refractivity contribution < 1.29 is 38.1 Å². The van der Waals surface area contributed by atoms with E-state index in [4.69, 9.17) is 23.7 Å². The number of benzene rings is 1.